The molecule has 1 aromatic rings. The molecule has 1 unspecified atom stereocenters. The zero-order valence-electron chi connectivity index (χ0n) is 12.2. The number of hydrogen-bond acceptors (Lipinski definition) is 3. The fourth-order valence-corrected chi connectivity index (χ4v) is 1.76. The molecule has 0 spiro atoms. The third-order valence-electron chi connectivity index (χ3n) is 3.07. The van der Waals surface area contributed by atoms with Crippen LogP contribution in [0.3, 0.4) is 0 Å². The SMILES string of the molecule is CCC(C)N(CC(=O)O)C(=O)NCCn1cc(C)cn1. The number of hydrogen-bond donors (Lipinski definition) is 2. The summed E-state index contributed by atoms with van der Waals surface area (Å²) in [6.45, 7) is 6.37. The van der Waals surface area contributed by atoms with E-state index in [1.54, 1.807) is 10.9 Å². The molecule has 1 aromatic heterocycles. The Hall–Kier alpha value is -2.05. The predicted molar refractivity (Wildman–Crippen MR) is 74.5 cm³/mol. The highest BCUT2D eigenvalue weighted by molar-refractivity contribution is 5.80. The van der Waals surface area contributed by atoms with Crippen molar-refractivity contribution in [1.82, 2.24) is 20.0 Å². The Labute approximate surface area is 118 Å². The Morgan fingerprint density at radius 1 is 1.55 bits per heavy atom. The Kier molecular flexibility index (Phi) is 6.02. The molecule has 0 bridgehead atoms. The summed E-state index contributed by atoms with van der Waals surface area (Å²) < 4.78 is 1.74. The van der Waals surface area contributed by atoms with E-state index in [1.165, 1.54) is 4.90 Å². The smallest absolute Gasteiger partial charge is 0.323 e. The molecule has 1 heterocycles. The fraction of sp³-hybridized carbons (Fsp3) is 0.615. The Morgan fingerprint density at radius 2 is 2.25 bits per heavy atom. The van der Waals surface area contributed by atoms with Gasteiger partial charge in [0, 0.05) is 18.8 Å². The monoisotopic (exact) mass is 282 g/mol. The molecule has 1 atom stereocenters. The first kappa shape index (κ1) is 16.0. The van der Waals surface area contributed by atoms with Crippen LogP contribution in [0.5, 0.6) is 0 Å². The van der Waals surface area contributed by atoms with Crippen molar-refractivity contribution in [2.24, 2.45) is 0 Å². The lowest BCUT2D eigenvalue weighted by molar-refractivity contribution is -0.138. The number of carboxylic acid groups (broad SMARTS) is 1. The predicted octanol–water partition coefficient (Wildman–Crippen LogP) is 1.09. The number of carbonyl (C=O) groups is 2. The maximum atomic E-state index is 12.0. The molecule has 2 amide bonds. The van der Waals surface area contributed by atoms with Crippen molar-refractivity contribution in [1.29, 1.82) is 0 Å². The van der Waals surface area contributed by atoms with E-state index in [-0.39, 0.29) is 18.6 Å². The third-order valence-corrected chi connectivity index (χ3v) is 3.07. The summed E-state index contributed by atoms with van der Waals surface area (Å²) in [5.41, 5.74) is 1.06. The van der Waals surface area contributed by atoms with Crippen molar-refractivity contribution < 1.29 is 14.7 Å². The molecule has 0 aliphatic carbocycles. The van der Waals surface area contributed by atoms with Gasteiger partial charge in [0.2, 0.25) is 0 Å². The molecular weight excluding hydrogens is 260 g/mol. The number of aryl methyl sites for hydroxylation is 1. The summed E-state index contributed by atoms with van der Waals surface area (Å²) in [6, 6.07) is -0.469. The van der Waals surface area contributed by atoms with Gasteiger partial charge in [-0.3, -0.25) is 9.48 Å². The van der Waals surface area contributed by atoms with Gasteiger partial charge in [-0.15, -0.1) is 0 Å². The lowest BCUT2D eigenvalue weighted by Crippen LogP contribution is -2.47. The number of nitrogens with zero attached hydrogens (tertiary/aromatic N) is 3. The van der Waals surface area contributed by atoms with E-state index in [0.717, 1.165) is 5.56 Å². The van der Waals surface area contributed by atoms with E-state index >= 15 is 0 Å². The van der Waals surface area contributed by atoms with Crippen LogP contribution in [0, 0.1) is 6.92 Å². The molecule has 0 radical (unpaired) electrons. The van der Waals surface area contributed by atoms with Crippen LogP contribution in [0.25, 0.3) is 0 Å². The summed E-state index contributed by atoms with van der Waals surface area (Å²) in [4.78, 5) is 24.1. The minimum absolute atomic E-state index is 0.113. The highest BCUT2D eigenvalue weighted by atomic mass is 16.4. The van der Waals surface area contributed by atoms with E-state index in [2.05, 4.69) is 10.4 Å². The maximum absolute atomic E-state index is 12.0. The van der Waals surface area contributed by atoms with Crippen LogP contribution in [0.1, 0.15) is 25.8 Å². The average molecular weight is 282 g/mol. The molecule has 0 saturated heterocycles. The van der Waals surface area contributed by atoms with Crippen molar-refractivity contribution in [3.05, 3.63) is 18.0 Å². The van der Waals surface area contributed by atoms with Gasteiger partial charge in [0.25, 0.3) is 0 Å². The van der Waals surface area contributed by atoms with Gasteiger partial charge in [-0.2, -0.15) is 5.10 Å². The minimum Gasteiger partial charge on any atom is -0.480 e. The molecule has 1 rings (SSSR count). The van der Waals surface area contributed by atoms with E-state index in [9.17, 15) is 9.59 Å². The molecule has 0 aliphatic heterocycles. The Morgan fingerprint density at radius 3 is 2.75 bits per heavy atom. The molecule has 112 valence electrons. The molecule has 20 heavy (non-hydrogen) atoms. The van der Waals surface area contributed by atoms with E-state index in [1.807, 2.05) is 27.0 Å². The first-order chi connectivity index (χ1) is 9.43. The molecular formula is C13H22N4O3. The van der Waals surface area contributed by atoms with Crippen molar-refractivity contribution in [3.63, 3.8) is 0 Å². The number of rotatable bonds is 7. The second-order valence-electron chi connectivity index (χ2n) is 4.79. The topological polar surface area (TPSA) is 87.5 Å². The van der Waals surface area contributed by atoms with E-state index in [0.29, 0.717) is 19.5 Å². The minimum atomic E-state index is -1.01. The molecule has 0 fully saturated rings. The summed E-state index contributed by atoms with van der Waals surface area (Å²) in [5, 5.41) is 15.7. The van der Waals surface area contributed by atoms with Crippen LogP contribution >= 0.6 is 0 Å². The third kappa shape index (κ3) is 4.91. The zero-order valence-corrected chi connectivity index (χ0v) is 12.2. The summed E-state index contributed by atoms with van der Waals surface area (Å²) in [6.07, 6.45) is 4.34. The zero-order chi connectivity index (χ0) is 15.1. The van der Waals surface area contributed by atoms with Crippen molar-refractivity contribution in [3.8, 4) is 0 Å². The summed E-state index contributed by atoms with van der Waals surface area (Å²) in [5.74, 6) is -1.01. The van der Waals surface area contributed by atoms with Gasteiger partial charge in [-0.1, -0.05) is 6.92 Å². The van der Waals surface area contributed by atoms with Crippen molar-refractivity contribution in [2.75, 3.05) is 13.1 Å². The number of carbonyl (C=O) groups excluding carboxylic acids is 1. The number of amides is 2. The van der Waals surface area contributed by atoms with Gasteiger partial charge in [0.1, 0.15) is 6.54 Å². The molecule has 2 N–H and O–H groups in total. The highest BCUT2D eigenvalue weighted by Crippen LogP contribution is 2.03. The number of aromatic nitrogens is 2. The summed E-state index contributed by atoms with van der Waals surface area (Å²) >= 11 is 0. The van der Waals surface area contributed by atoms with Crippen molar-refractivity contribution in [2.45, 2.75) is 39.8 Å². The average Bonchev–Trinajstić information content (AvgIpc) is 2.80. The van der Waals surface area contributed by atoms with Gasteiger partial charge in [-0.25, -0.2) is 4.79 Å². The Balaban J connectivity index is 2.47. The van der Waals surface area contributed by atoms with Crippen molar-refractivity contribution >= 4 is 12.0 Å². The van der Waals surface area contributed by atoms with Gasteiger partial charge in [0.05, 0.1) is 12.7 Å². The van der Waals surface area contributed by atoms with Gasteiger partial charge in [-0.05, 0) is 25.8 Å². The van der Waals surface area contributed by atoms with Gasteiger partial charge in [0.15, 0.2) is 0 Å². The maximum Gasteiger partial charge on any atom is 0.323 e. The van der Waals surface area contributed by atoms with Crippen LogP contribution in [-0.4, -0.2) is 50.9 Å². The second kappa shape index (κ2) is 7.52. The number of aliphatic carboxylic acids is 1. The Bertz CT molecular complexity index is 458. The molecule has 0 aliphatic rings. The van der Waals surface area contributed by atoms with Crippen LogP contribution in [0.4, 0.5) is 4.79 Å². The quantitative estimate of drug-likeness (QED) is 0.783. The lowest BCUT2D eigenvalue weighted by atomic mass is 10.2. The van der Waals surface area contributed by atoms with Crippen LogP contribution in [-0.2, 0) is 11.3 Å². The van der Waals surface area contributed by atoms with Gasteiger partial charge >= 0.3 is 12.0 Å². The largest absolute Gasteiger partial charge is 0.480 e. The van der Waals surface area contributed by atoms with Gasteiger partial charge < -0.3 is 15.3 Å². The first-order valence-electron chi connectivity index (χ1n) is 6.69. The van der Waals surface area contributed by atoms with Crippen LogP contribution in [0.15, 0.2) is 12.4 Å². The van der Waals surface area contributed by atoms with Crippen LogP contribution in [0.2, 0.25) is 0 Å². The molecule has 0 saturated carbocycles. The number of nitrogens with one attached hydrogen (secondary N) is 1. The molecule has 7 heteroatoms. The summed E-state index contributed by atoms with van der Waals surface area (Å²) in [7, 11) is 0. The highest BCUT2D eigenvalue weighted by Gasteiger charge is 2.20. The standard InChI is InChI=1S/C13H22N4O3/c1-4-11(3)17(9-12(18)19)13(20)14-5-6-16-8-10(2)7-15-16/h7-8,11H,4-6,9H2,1-3H3,(H,14,20)(H,18,19). The first-order valence-corrected chi connectivity index (χ1v) is 6.69. The molecule has 7 nitrogen and oxygen atoms in total. The normalized spacial score (nSPS) is 11.9. The lowest BCUT2D eigenvalue weighted by Gasteiger charge is -2.27. The number of urea groups is 1. The second-order valence-corrected chi connectivity index (χ2v) is 4.79. The van der Waals surface area contributed by atoms with Crippen LogP contribution < -0.4 is 5.32 Å². The number of carboxylic acids is 1. The fourth-order valence-electron chi connectivity index (χ4n) is 1.76. The van der Waals surface area contributed by atoms with E-state index in [4.69, 9.17) is 5.11 Å². The molecule has 0 aromatic carbocycles. The van der Waals surface area contributed by atoms with E-state index < -0.39 is 5.97 Å².